The number of hydroxylamine groups is 2. The molecule has 0 amide bonds. The summed E-state index contributed by atoms with van der Waals surface area (Å²) < 4.78 is 9.07. The van der Waals surface area contributed by atoms with Gasteiger partial charge in [0.2, 0.25) is 0 Å². The zero-order valence-corrected chi connectivity index (χ0v) is 7.37. The van der Waals surface area contributed by atoms with E-state index in [9.17, 15) is 0 Å². The molecule has 2 N–H and O–H groups in total. The van der Waals surface area contributed by atoms with E-state index in [1.807, 2.05) is 0 Å². The lowest BCUT2D eigenvalue weighted by Crippen LogP contribution is -2.46. The molecule has 0 aliphatic carbocycles. The summed E-state index contributed by atoms with van der Waals surface area (Å²) in [7, 11) is -0.743. The quantitative estimate of drug-likeness (QED) is 0.412. The van der Waals surface area contributed by atoms with Crippen molar-refractivity contribution >= 4 is 9.05 Å². The van der Waals surface area contributed by atoms with Crippen LogP contribution in [0.5, 0.6) is 0 Å². The van der Waals surface area contributed by atoms with Crippen LogP contribution in [0.25, 0.3) is 0 Å². The second-order valence-corrected chi connectivity index (χ2v) is 3.45. The van der Waals surface area contributed by atoms with Gasteiger partial charge in [0.1, 0.15) is 0 Å². The third-order valence-electron chi connectivity index (χ3n) is 0.634. The molecular formula is C4H13NO4Si. The van der Waals surface area contributed by atoms with Gasteiger partial charge in [0.05, 0.1) is 0 Å². The predicted molar refractivity (Wildman–Crippen MR) is 36.6 cm³/mol. The summed E-state index contributed by atoms with van der Waals surface area (Å²) in [6.07, 6.45) is 0. The minimum absolute atomic E-state index is 0.229. The highest BCUT2D eigenvalue weighted by atomic mass is 28.4. The Balaban J connectivity index is 3.63. The first-order chi connectivity index (χ1) is 4.48. The molecule has 10 heavy (non-hydrogen) atoms. The Morgan fingerprint density at radius 2 is 1.90 bits per heavy atom. The zero-order chi connectivity index (χ0) is 8.20. The molecule has 62 valence electrons. The highest BCUT2D eigenvalue weighted by Gasteiger charge is 2.37. The maximum atomic E-state index is 8.89. The van der Waals surface area contributed by atoms with Gasteiger partial charge in [0, 0.05) is 20.7 Å². The summed E-state index contributed by atoms with van der Waals surface area (Å²) in [6.45, 7) is 1.89. The highest BCUT2D eigenvalue weighted by Crippen LogP contribution is 1.98. The SMILES string of the molecule is CCO[Si](O)(O)ON(C)C. The molecule has 5 nitrogen and oxygen atoms in total. The summed E-state index contributed by atoms with van der Waals surface area (Å²) in [4.78, 5) is 17.8. The van der Waals surface area contributed by atoms with Crippen molar-refractivity contribution in [1.29, 1.82) is 0 Å². The molecule has 0 fully saturated rings. The third-order valence-corrected chi connectivity index (χ3v) is 1.90. The molecule has 0 spiro atoms. The van der Waals surface area contributed by atoms with Crippen LogP contribution in [0.1, 0.15) is 6.92 Å². The minimum atomic E-state index is -3.84. The molecule has 0 heterocycles. The number of hydrogen-bond donors (Lipinski definition) is 2. The maximum Gasteiger partial charge on any atom is 0.691 e. The third kappa shape index (κ3) is 4.85. The van der Waals surface area contributed by atoms with Gasteiger partial charge < -0.3 is 14.0 Å². The first-order valence-corrected chi connectivity index (χ1v) is 4.64. The van der Waals surface area contributed by atoms with E-state index in [2.05, 4.69) is 8.95 Å². The van der Waals surface area contributed by atoms with Crippen LogP contribution in [0.3, 0.4) is 0 Å². The first-order valence-electron chi connectivity index (χ1n) is 2.93. The van der Waals surface area contributed by atoms with E-state index < -0.39 is 9.05 Å². The van der Waals surface area contributed by atoms with E-state index in [1.165, 1.54) is 5.06 Å². The lowest BCUT2D eigenvalue weighted by molar-refractivity contribution is -0.113. The Kier molecular flexibility index (Phi) is 4.02. The molecule has 0 aromatic heterocycles. The van der Waals surface area contributed by atoms with Gasteiger partial charge in [0.25, 0.3) is 0 Å². The van der Waals surface area contributed by atoms with Gasteiger partial charge in [-0.2, -0.15) is 0 Å². The van der Waals surface area contributed by atoms with Crippen LogP contribution in [0.2, 0.25) is 0 Å². The van der Waals surface area contributed by atoms with Crippen LogP contribution < -0.4 is 0 Å². The zero-order valence-electron chi connectivity index (χ0n) is 6.37. The van der Waals surface area contributed by atoms with E-state index >= 15 is 0 Å². The molecule has 0 saturated heterocycles. The van der Waals surface area contributed by atoms with Crippen LogP contribution in [0.15, 0.2) is 0 Å². The molecule has 0 unspecified atom stereocenters. The summed E-state index contributed by atoms with van der Waals surface area (Å²) in [5.74, 6) is 0. The number of nitrogens with zero attached hydrogens (tertiary/aromatic N) is 1. The van der Waals surface area contributed by atoms with E-state index in [4.69, 9.17) is 9.59 Å². The van der Waals surface area contributed by atoms with Crippen molar-refractivity contribution in [3.05, 3.63) is 0 Å². The van der Waals surface area contributed by atoms with E-state index in [0.29, 0.717) is 0 Å². The van der Waals surface area contributed by atoms with Gasteiger partial charge in [-0.3, -0.25) is 4.53 Å². The minimum Gasteiger partial charge on any atom is -0.367 e. The second-order valence-electron chi connectivity index (χ2n) is 1.89. The normalized spacial score (nSPS) is 12.6. The van der Waals surface area contributed by atoms with Crippen LogP contribution in [0, 0.1) is 0 Å². The van der Waals surface area contributed by atoms with E-state index in [0.717, 1.165) is 0 Å². The molecule has 6 heteroatoms. The molecule has 0 aliphatic heterocycles. The van der Waals surface area contributed by atoms with Gasteiger partial charge in [0.15, 0.2) is 0 Å². The average molecular weight is 167 g/mol. The lowest BCUT2D eigenvalue weighted by Gasteiger charge is -2.19. The molecule has 0 aliphatic rings. The molecule has 0 bridgehead atoms. The molecule has 0 saturated carbocycles. The number of hydrogen-bond acceptors (Lipinski definition) is 5. The summed E-state index contributed by atoms with van der Waals surface area (Å²) in [6, 6.07) is 0. The van der Waals surface area contributed by atoms with Crippen LogP contribution >= 0.6 is 0 Å². The maximum absolute atomic E-state index is 8.89. The Hall–Kier alpha value is 0.0169. The monoisotopic (exact) mass is 167 g/mol. The fourth-order valence-electron chi connectivity index (χ4n) is 0.452. The molecule has 0 radical (unpaired) electrons. The Morgan fingerprint density at radius 1 is 1.40 bits per heavy atom. The molecule has 0 atom stereocenters. The summed E-state index contributed by atoms with van der Waals surface area (Å²) in [5, 5.41) is 1.20. The summed E-state index contributed by atoms with van der Waals surface area (Å²) >= 11 is 0. The van der Waals surface area contributed by atoms with Crippen molar-refractivity contribution in [1.82, 2.24) is 5.06 Å². The van der Waals surface area contributed by atoms with E-state index in [1.54, 1.807) is 21.0 Å². The number of rotatable bonds is 4. The fraction of sp³-hybridized carbons (Fsp3) is 1.00. The summed E-state index contributed by atoms with van der Waals surface area (Å²) in [5.41, 5.74) is 0. The van der Waals surface area contributed by atoms with Crippen LogP contribution in [-0.2, 0) is 8.95 Å². The molecule has 0 aromatic rings. The lowest BCUT2D eigenvalue weighted by atomic mass is 10.9. The van der Waals surface area contributed by atoms with Crippen molar-refractivity contribution in [3.8, 4) is 0 Å². The van der Waals surface area contributed by atoms with Gasteiger partial charge in [-0.05, 0) is 6.92 Å². The van der Waals surface area contributed by atoms with Crippen molar-refractivity contribution < 1.29 is 18.5 Å². The van der Waals surface area contributed by atoms with Crippen LogP contribution in [0.4, 0.5) is 0 Å². The molecule has 0 rings (SSSR count). The molecular weight excluding hydrogens is 154 g/mol. The standard InChI is InChI=1S/C4H13NO4Si/c1-4-8-10(6,7)9-5(2)3/h6-7H,4H2,1-3H3. The van der Waals surface area contributed by atoms with Crippen molar-refractivity contribution in [2.45, 2.75) is 6.92 Å². The van der Waals surface area contributed by atoms with Crippen molar-refractivity contribution in [2.75, 3.05) is 20.7 Å². The van der Waals surface area contributed by atoms with Gasteiger partial charge >= 0.3 is 9.05 Å². The largest absolute Gasteiger partial charge is 0.691 e. The van der Waals surface area contributed by atoms with Gasteiger partial charge in [-0.1, -0.05) is 0 Å². The van der Waals surface area contributed by atoms with Gasteiger partial charge in [-0.25, -0.2) is 5.06 Å². The van der Waals surface area contributed by atoms with E-state index in [-0.39, 0.29) is 6.61 Å². The highest BCUT2D eigenvalue weighted by molar-refractivity contribution is 6.50. The van der Waals surface area contributed by atoms with Gasteiger partial charge in [-0.15, -0.1) is 0 Å². The van der Waals surface area contributed by atoms with Crippen molar-refractivity contribution in [3.63, 3.8) is 0 Å². The smallest absolute Gasteiger partial charge is 0.367 e. The Morgan fingerprint density at radius 3 is 2.20 bits per heavy atom. The fourth-order valence-corrected chi connectivity index (χ4v) is 1.36. The Labute approximate surface area is 61.2 Å². The van der Waals surface area contributed by atoms with Crippen molar-refractivity contribution in [2.24, 2.45) is 0 Å². The topological polar surface area (TPSA) is 62.2 Å². The Bertz CT molecular complexity index is 97.3. The molecule has 0 aromatic carbocycles. The average Bonchev–Trinajstić information content (AvgIpc) is 1.59. The first kappa shape index (κ1) is 10.0. The second kappa shape index (κ2) is 4.01. The van der Waals surface area contributed by atoms with Crippen LogP contribution in [-0.4, -0.2) is 44.4 Å². The predicted octanol–water partition coefficient (Wildman–Crippen LogP) is -1.06.